The van der Waals surface area contributed by atoms with Crippen molar-refractivity contribution >= 4 is 5.97 Å². The van der Waals surface area contributed by atoms with Crippen LogP contribution in [0.25, 0.3) is 0 Å². The first-order valence-corrected chi connectivity index (χ1v) is 0.928. The van der Waals surface area contributed by atoms with Crippen LogP contribution >= 0.6 is 0 Å². The summed E-state index contributed by atoms with van der Waals surface area (Å²) in [5.74, 6) is -0.833. The molecule has 6 heavy (non-hydrogen) atoms. The van der Waals surface area contributed by atoms with Crippen LogP contribution in [0.2, 0.25) is 0 Å². The zero-order valence-corrected chi connectivity index (χ0v) is 4.66. The predicted octanol–water partition coefficient (Wildman–Crippen LogP) is -2.80. The minimum Gasteiger partial charge on any atom is -1.00 e. The maximum atomic E-state index is 9.00. The SMILES string of the molecule is CC(=O)O.[H-].[Li+].[Ni]. The summed E-state index contributed by atoms with van der Waals surface area (Å²) in [7, 11) is 0. The molecule has 2 nitrogen and oxygen atoms in total. The van der Waals surface area contributed by atoms with Gasteiger partial charge in [-0.1, -0.05) is 0 Å². The standard InChI is InChI=1S/C2H4O2.Li.Ni.H/c1-2(3)4;;;/h1H3,(H,3,4);;;/q;+1;;-1. The van der Waals surface area contributed by atoms with E-state index >= 15 is 0 Å². The summed E-state index contributed by atoms with van der Waals surface area (Å²) < 4.78 is 0. The van der Waals surface area contributed by atoms with E-state index in [1.165, 1.54) is 0 Å². The molecule has 0 aliphatic carbocycles. The summed E-state index contributed by atoms with van der Waals surface area (Å²) in [5, 5.41) is 7.42. The zero-order valence-electron chi connectivity index (χ0n) is 4.67. The molecule has 0 fully saturated rings. The monoisotopic (exact) mass is 126 g/mol. The van der Waals surface area contributed by atoms with E-state index < -0.39 is 5.97 Å². The molecule has 0 rings (SSSR count). The second-order valence-electron chi connectivity index (χ2n) is 0.519. The zero-order chi connectivity index (χ0) is 3.58. The van der Waals surface area contributed by atoms with E-state index in [1.54, 1.807) is 0 Å². The second-order valence-corrected chi connectivity index (χ2v) is 0.519. The Bertz CT molecular complexity index is 38.7. The molecule has 0 spiro atoms. The average molecular weight is 127 g/mol. The number of hydrogen-bond acceptors (Lipinski definition) is 1. The molecule has 0 heterocycles. The first-order valence-electron chi connectivity index (χ1n) is 0.928. The maximum Gasteiger partial charge on any atom is 1.00 e. The van der Waals surface area contributed by atoms with Crippen molar-refractivity contribution in [2.24, 2.45) is 0 Å². The second kappa shape index (κ2) is 9.12. The number of aliphatic carboxylic acids is 1. The van der Waals surface area contributed by atoms with E-state index in [0.717, 1.165) is 6.92 Å². The van der Waals surface area contributed by atoms with Gasteiger partial charge in [0.2, 0.25) is 0 Å². The first kappa shape index (κ1) is 16.0. The van der Waals surface area contributed by atoms with Crippen LogP contribution in [-0.2, 0) is 21.3 Å². The van der Waals surface area contributed by atoms with Gasteiger partial charge in [0.15, 0.2) is 0 Å². The van der Waals surface area contributed by atoms with Gasteiger partial charge in [0.1, 0.15) is 0 Å². The molecule has 0 aromatic heterocycles. The van der Waals surface area contributed by atoms with Gasteiger partial charge in [-0.3, -0.25) is 4.79 Å². The average Bonchev–Trinajstić information content (AvgIpc) is 0.811. The Morgan fingerprint density at radius 1 is 1.83 bits per heavy atom. The first-order chi connectivity index (χ1) is 1.73. The van der Waals surface area contributed by atoms with Crippen molar-refractivity contribution < 1.29 is 46.7 Å². The molecule has 4 heteroatoms. The molecule has 0 unspecified atom stereocenters. The summed E-state index contributed by atoms with van der Waals surface area (Å²) >= 11 is 0. The summed E-state index contributed by atoms with van der Waals surface area (Å²) in [6.45, 7) is 1.08. The van der Waals surface area contributed by atoms with Crippen LogP contribution in [-0.4, -0.2) is 11.1 Å². The van der Waals surface area contributed by atoms with Gasteiger partial charge in [-0.2, -0.15) is 0 Å². The van der Waals surface area contributed by atoms with Crippen LogP contribution < -0.4 is 18.9 Å². The van der Waals surface area contributed by atoms with Gasteiger partial charge in [-0.05, 0) is 0 Å². The molecule has 0 saturated carbocycles. The van der Waals surface area contributed by atoms with Crippen molar-refractivity contribution in [3.8, 4) is 0 Å². The fraction of sp³-hybridized carbons (Fsp3) is 0.500. The summed E-state index contributed by atoms with van der Waals surface area (Å²) in [6, 6.07) is 0. The van der Waals surface area contributed by atoms with Crippen molar-refractivity contribution in [1.29, 1.82) is 0 Å². The van der Waals surface area contributed by atoms with Crippen LogP contribution in [0.3, 0.4) is 0 Å². The third kappa shape index (κ3) is 184. The van der Waals surface area contributed by atoms with Crippen LogP contribution in [0.1, 0.15) is 8.35 Å². The van der Waals surface area contributed by atoms with E-state index in [0.29, 0.717) is 0 Å². The number of rotatable bonds is 0. The van der Waals surface area contributed by atoms with Crippen molar-refractivity contribution in [1.82, 2.24) is 0 Å². The number of carboxylic acids is 1. The Hall–Kier alpha value is 0.561. The molecule has 0 bridgehead atoms. The summed E-state index contributed by atoms with van der Waals surface area (Å²) in [5.41, 5.74) is 0. The van der Waals surface area contributed by atoms with Gasteiger partial charge in [-0.15, -0.1) is 0 Å². The van der Waals surface area contributed by atoms with Crippen molar-refractivity contribution in [3.63, 3.8) is 0 Å². The molecule has 0 aromatic rings. The quantitative estimate of drug-likeness (QED) is 0.357. The molecule has 0 atom stereocenters. The predicted molar refractivity (Wildman–Crippen MR) is 14.4 cm³/mol. The van der Waals surface area contributed by atoms with Crippen LogP contribution in [0.5, 0.6) is 0 Å². The number of carboxylic acid groups (broad SMARTS) is 1. The molecule has 36 valence electrons. The minimum absolute atomic E-state index is 0. The maximum absolute atomic E-state index is 9.00. The smallest absolute Gasteiger partial charge is 1.00 e. The van der Waals surface area contributed by atoms with Gasteiger partial charge in [0.05, 0.1) is 0 Å². The normalized spacial score (nSPS) is 4.17. The molecule has 1 N–H and O–H groups in total. The third-order valence-electron chi connectivity index (χ3n) is 0. The Morgan fingerprint density at radius 2 is 1.83 bits per heavy atom. The van der Waals surface area contributed by atoms with Gasteiger partial charge in [-0.25, -0.2) is 0 Å². The number of carbonyl (C=O) groups is 1. The van der Waals surface area contributed by atoms with Crippen LogP contribution in [0.4, 0.5) is 0 Å². The van der Waals surface area contributed by atoms with Crippen molar-refractivity contribution in [3.05, 3.63) is 0 Å². The molecule has 0 amide bonds. The topological polar surface area (TPSA) is 37.3 Å². The fourth-order valence-electron chi connectivity index (χ4n) is 0. The van der Waals surface area contributed by atoms with E-state index in [9.17, 15) is 0 Å². The van der Waals surface area contributed by atoms with E-state index in [2.05, 4.69) is 0 Å². The van der Waals surface area contributed by atoms with Gasteiger partial charge >= 0.3 is 18.9 Å². The molecule has 0 aliphatic rings. The Kier molecular flexibility index (Phi) is 24.3. The van der Waals surface area contributed by atoms with Crippen molar-refractivity contribution in [2.75, 3.05) is 0 Å². The van der Waals surface area contributed by atoms with Crippen LogP contribution in [0, 0.1) is 0 Å². The van der Waals surface area contributed by atoms with Gasteiger partial charge in [0, 0.05) is 23.4 Å². The Labute approximate surface area is 59.9 Å². The van der Waals surface area contributed by atoms with E-state index in [-0.39, 0.29) is 36.8 Å². The Morgan fingerprint density at radius 3 is 1.83 bits per heavy atom. The molecular weight excluding hydrogens is 122 g/mol. The molecule has 0 radical (unpaired) electrons. The number of hydrogen-bond donors (Lipinski definition) is 1. The Balaban J connectivity index is -0.0000000150. The summed E-state index contributed by atoms with van der Waals surface area (Å²) in [4.78, 5) is 9.00. The minimum atomic E-state index is -0.833. The molecule has 0 saturated heterocycles. The van der Waals surface area contributed by atoms with E-state index in [4.69, 9.17) is 9.90 Å². The third-order valence-corrected chi connectivity index (χ3v) is 0. The molecule has 0 aromatic carbocycles. The molecular formula is C2H5LiNiO2. The van der Waals surface area contributed by atoms with E-state index in [1.807, 2.05) is 0 Å². The van der Waals surface area contributed by atoms with Gasteiger partial charge < -0.3 is 6.53 Å². The van der Waals surface area contributed by atoms with Crippen LogP contribution in [0.15, 0.2) is 0 Å². The van der Waals surface area contributed by atoms with Crippen molar-refractivity contribution in [2.45, 2.75) is 6.92 Å². The molecule has 0 aliphatic heterocycles. The van der Waals surface area contributed by atoms with Gasteiger partial charge in [0.25, 0.3) is 5.97 Å². The summed E-state index contributed by atoms with van der Waals surface area (Å²) in [6.07, 6.45) is 0. The fourth-order valence-corrected chi connectivity index (χ4v) is 0. The largest absolute Gasteiger partial charge is 1.00 e.